The molecule has 0 aliphatic carbocycles. The molecular weight excluding hydrogens is 290 g/mol. The minimum absolute atomic E-state index is 0.751. The summed E-state index contributed by atoms with van der Waals surface area (Å²) in [5, 5.41) is 12.0. The standard InChI is InChI=1S/C16H19N7/c1-22-15-13(11-18-22)14(19-12-5-3-2-4-6-12)20-16(21-15)23-9-7-17-8-10-23/h2-6,11,17H,7-10H2,1H3,(H,19,20,21). The molecule has 0 unspecified atom stereocenters. The van der Waals surface area contributed by atoms with E-state index >= 15 is 0 Å². The van der Waals surface area contributed by atoms with E-state index in [1.165, 1.54) is 0 Å². The van der Waals surface area contributed by atoms with Gasteiger partial charge in [0.2, 0.25) is 5.95 Å². The first-order valence-corrected chi connectivity index (χ1v) is 7.79. The Bertz CT molecular complexity index is 806. The van der Waals surface area contributed by atoms with Gasteiger partial charge in [-0.2, -0.15) is 15.1 Å². The van der Waals surface area contributed by atoms with E-state index in [2.05, 4.69) is 20.6 Å². The van der Waals surface area contributed by atoms with E-state index in [0.717, 1.165) is 54.7 Å². The van der Waals surface area contributed by atoms with Crippen molar-refractivity contribution in [2.45, 2.75) is 0 Å². The van der Waals surface area contributed by atoms with Crippen LogP contribution in [-0.4, -0.2) is 45.9 Å². The van der Waals surface area contributed by atoms with Gasteiger partial charge in [0.15, 0.2) is 5.65 Å². The lowest BCUT2D eigenvalue weighted by molar-refractivity contribution is 0.580. The van der Waals surface area contributed by atoms with E-state index in [1.807, 2.05) is 43.6 Å². The number of benzene rings is 1. The van der Waals surface area contributed by atoms with Gasteiger partial charge in [-0.25, -0.2) is 0 Å². The molecule has 0 radical (unpaired) electrons. The number of piperazine rings is 1. The summed E-state index contributed by atoms with van der Waals surface area (Å²) in [6.07, 6.45) is 1.81. The zero-order valence-corrected chi connectivity index (χ0v) is 13.0. The third-order valence-corrected chi connectivity index (χ3v) is 4.02. The zero-order valence-electron chi connectivity index (χ0n) is 13.0. The number of hydrogen-bond acceptors (Lipinski definition) is 6. The van der Waals surface area contributed by atoms with Crippen LogP contribution in [0.25, 0.3) is 11.0 Å². The third-order valence-electron chi connectivity index (χ3n) is 4.02. The Morgan fingerprint density at radius 1 is 1.09 bits per heavy atom. The Labute approximate surface area is 134 Å². The van der Waals surface area contributed by atoms with Crippen molar-refractivity contribution in [3.8, 4) is 0 Å². The van der Waals surface area contributed by atoms with Gasteiger partial charge in [0, 0.05) is 38.9 Å². The molecular formula is C16H19N7. The van der Waals surface area contributed by atoms with Gasteiger partial charge in [-0.05, 0) is 12.1 Å². The maximum atomic E-state index is 4.76. The van der Waals surface area contributed by atoms with Crippen molar-refractivity contribution in [3.63, 3.8) is 0 Å². The lowest BCUT2D eigenvalue weighted by Gasteiger charge is -2.27. The molecule has 23 heavy (non-hydrogen) atoms. The average Bonchev–Trinajstić information content (AvgIpc) is 2.98. The molecule has 1 aromatic carbocycles. The van der Waals surface area contributed by atoms with Crippen LogP contribution in [0.1, 0.15) is 0 Å². The lowest BCUT2D eigenvalue weighted by Crippen LogP contribution is -2.44. The largest absolute Gasteiger partial charge is 0.339 e. The monoisotopic (exact) mass is 309 g/mol. The zero-order chi connectivity index (χ0) is 15.6. The molecule has 0 spiro atoms. The lowest BCUT2D eigenvalue weighted by atomic mass is 10.3. The number of nitrogens with one attached hydrogen (secondary N) is 2. The highest BCUT2D eigenvalue weighted by Gasteiger charge is 2.18. The molecule has 2 aromatic heterocycles. The second-order valence-corrected chi connectivity index (χ2v) is 5.61. The van der Waals surface area contributed by atoms with E-state index in [0.29, 0.717) is 0 Å². The number of fused-ring (bicyclic) bond motifs is 1. The minimum atomic E-state index is 0.751. The minimum Gasteiger partial charge on any atom is -0.339 e. The summed E-state index contributed by atoms with van der Waals surface area (Å²) in [7, 11) is 1.91. The first-order valence-electron chi connectivity index (χ1n) is 7.79. The van der Waals surface area contributed by atoms with E-state index in [-0.39, 0.29) is 0 Å². The summed E-state index contributed by atoms with van der Waals surface area (Å²) in [5.74, 6) is 1.55. The SMILES string of the molecule is Cn1ncc2c(Nc3ccccc3)nc(N3CCNCC3)nc21. The van der Waals surface area contributed by atoms with Crippen molar-refractivity contribution >= 4 is 28.5 Å². The molecule has 1 aliphatic heterocycles. The molecule has 7 nitrogen and oxygen atoms in total. The number of hydrogen-bond donors (Lipinski definition) is 2. The molecule has 1 aliphatic rings. The molecule has 2 N–H and O–H groups in total. The Morgan fingerprint density at radius 3 is 2.65 bits per heavy atom. The fourth-order valence-electron chi connectivity index (χ4n) is 2.77. The predicted molar refractivity (Wildman–Crippen MR) is 91.1 cm³/mol. The second kappa shape index (κ2) is 5.85. The molecule has 0 atom stereocenters. The van der Waals surface area contributed by atoms with E-state index in [9.17, 15) is 0 Å². The van der Waals surface area contributed by atoms with Gasteiger partial charge in [-0.1, -0.05) is 18.2 Å². The molecule has 3 aromatic rings. The number of aromatic nitrogens is 4. The van der Waals surface area contributed by atoms with Crippen molar-refractivity contribution in [2.24, 2.45) is 7.05 Å². The number of nitrogens with zero attached hydrogens (tertiary/aromatic N) is 5. The fourth-order valence-corrected chi connectivity index (χ4v) is 2.77. The Hall–Kier alpha value is -2.67. The number of para-hydroxylation sites is 1. The summed E-state index contributed by atoms with van der Waals surface area (Å²) >= 11 is 0. The summed E-state index contributed by atoms with van der Waals surface area (Å²) < 4.78 is 1.79. The second-order valence-electron chi connectivity index (χ2n) is 5.61. The molecule has 0 amide bonds. The van der Waals surface area contributed by atoms with E-state index < -0.39 is 0 Å². The topological polar surface area (TPSA) is 70.9 Å². The Balaban J connectivity index is 1.78. The van der Waals surface area contributed by atoms with Gasteiger partial charge in [-0.15, -0.1) is 0 Å². The molecule has 7 heteroatoms. The highest BCUT2D eigenvalue weighted by atomic mass is 15.3. The summed E-state index contributed by atoms with van der Waals surface area (Å²) in [5.41, 5.74) is 1.84. The van der Waals surface area contributed by atoms with Gasteiger partial charge in [0.25, 0.3) is 0 Å². The van der Waals surface area contributed by atoms with Gasteiger partial charge >= 0.3 is 0 Å². The third kappa shape index (κ3) is 2.70. The van der Waals surface area contributed by atoms with Gasteiger partial charge in [-0.3, -0.25) is 4.68 Å². The van der Waals surface area contributed by atoms with Crippen molar-refractivity contribution in [1.29, 1.82) is 0 Å². The van der Waals surface area contributed by atoms with Crippen LogP contribution in [0.2, 0.25) is 0 Å². The van der Waals surface area contributed by atoms with Gasteiger partial charge in [0.05, 0.1) is 11.6 Å². The Morgan fingerprint density at radius 2 is 1.87 bits per heavy atom. The van der Waals surface area contributed by atoms with Crippen LogP contribution in [0, 0.1) is 0 Å². The summed E-state index contributed by atoms with van der Waals surface area (Å²) in [4.78, 5) is 11.7. The van der Waals surface area contributed by atoms with Crippen LogP contribution < -0.4 is 15.5 Å². The molecule has 1 fully saturated rings. The molecule has 0 bridgehead atoms. The first kappa shape index (κ1) is 14.0. The van der Waals surface area contributed by atoms with Gasteiger partial charge < -0.3 is 15.5 Å². The van der Waals surface area contributed by atoms with Crippen molar-refractivity contribution in [2.75, 3.05) is 36.4 Å². The predicted octanol–water partition coefficient (Wildman–Crippen LogP) is 1.52. The maximum absolute atomic E-state index is 4.76. The number of rotatable bonds is 3. The number of aryl methyl sites for hydroxylation is 1. The highest BCUT2D eigenvalue weighted by Crippen LogP contribution is 2.26. The van der Waals surface area contributed by atoms with Crippen molar-refractivity contribution in [1.82, 2.24) is 25.1 Å². The number of anilines is 3. The molecule has 4 rings (SSSR count). The van der Waals surface area contributed by atoms with E-state index in [4.69, 9.17) is 9.97 Å². The van der Waals surface area contributed by atoms with Crippen LogP contribution in [-0.2, 0) is 7.05 Å². The molecule has 1 saturated heterocycles. The molecule has 3 heterocycles. The normalized spacial score (nSPS) is 15.1. The summed E-state index contributed by atoms with van der Waals surface area (Å²) in [6.45, 7) is 3.73. The van der Waals surface area contributed by atoms with Crippen LogP contribution in [0.15, 0.2) is 36.5 Å². The van der Waals surface area contributed by atoms with Gasteiger partial charge in [0.1, 0.15) is 5.82 Å². The van der Waals surface area contributed by atoms with Crippen LogP contribution in [0.3, 0.4) is 0 Å². The summed E-state index contributed by atoms with van der Waals surface area (Å²) in [6, 6.07) is 10.0. The van der Waals surface area contributed by atoms with E-state index in [1.54, 1.807) is 4.68 Å². The highest BCUT2D eigenvalue weighted by molar-refractivity contribution is 5.89. The molecule has 0 saturated carbocycles. The molecule has 118 valence electrons. The van der Waals surface area contributed by atoms with Crippen LogP contribution >= 0.6 is 0 Å². The van der Waals surface area contributed by atoms with Crippen LogP contribution in [0.5, 0.6) is 0 Å². The quantitative estimate of drug-likeness (QED) is 0.764. The van der Waals surface area contributed by atoms with Crippen molar-refractivity contribution in [3.05, 3.63) is 36.5 Å². The van der Waals surface area contributed by atoms with Crippen LogP contribution in [0.4, 0.5) is 17.5 Å². The average molecular weight is 309 g/mol. The smallest absolute Gasteiger partial charge is 0.229 e. The van der Waals surface area contributed by atoms with Crippen molar-refractivity contribution < 1.29 is 0 Å². The maximum Gasteiger partial charge on any atom is 0.229 e. The fraction of sp³-hybridized carbons (Fsp3) is 0.312. The first-order chi connectivity index (χ1) is 11.3. The Kier molecular flexibility index (Phi) is 3.55.